The largest absolute Gasteiger partial charge is 0.493 e. The number of aryl methyl sites for hydroxylation is 2. The van der Waals surface area contributed by atoms with Gasteiger partial charge in [-0.15, -0.1) is 11.3 Å². The number of carbonyl (C=O) groups is 1. The number of fused-ring (bicyclic) bond motifs is 2. The number of hydrogen-bond donors (Lipinski definition) is 1. The van der Waals surface area contributed by atoms with Gasteiger partial charge in [-0.2, -0.15) is 0 Å². The van der Waals surface area contributed by atoms with Crippen molar-refractivity contribution in [3.63, 3.8) is 0 Å². The molecule has 0 spiro atoms. The lowest BCUT2D eigenvalue weighted by atomic mass is 9.94. The predicted octanol–water partition coefficient (Wildman–Crippen LogP) is 7.19. The van der Waals surface area contributed by atoms with Gasteiger partial charge in [-0.3, -0.25) is 9.79 Å². The minimum atomic E-state index is -0.964. The SMILES string of the molecule is C=CC(=O)N1C[C@H](C)N=C(/C=C(\N)c2nc(-c3ccc4c(c3)nc(C)n4C)c3scc(F)c3c2-c2c(F)cc(F)cc2OCC)[C@H]1C. The number of carbonyl (C=O) groups excluding carboxylic acids is 1. The fourth-order valence-electron chi connectivity index (χ4n) is 6.05. The minimum Gasteiger partial charge on any atom is -0.493 e. The maximum atomic E-state index is 16.0. The zero-order valence-corrected chi connectivity index (χ0v) is 27.4. The first-order chi connectivity index (χ1) is 22.4. The average Bonchev–Trinajstić information content (AvgIpc) is 3.55. The molecule has 2 aromatic carbocycles. The Morgan fingerprint density at radius 2 is 1.91 bits per heavy atom. The Morgan fingerprint density at radius 1 is 1.15 bits per heavy atom. The number of rotatable bonds is 7. The van der Waals surface area contributed by atoms with E-state index in [0.29, 0.717) is 28.2 Å². The van der Waals surface area contributed by atoms with E-state index in [1.165, 1.54) is 11.5 Å². The molecule has 0 saturated heterocycles. The average molecular weight is 659 g/mol. The highest BCUT2D eigenvalue weighted by molar-refractivity contribution is 7.17. The molecule has 0 bridgehead atoms. The highest BCUT2D eigenvalue weighted by Gasteiger charge is 2.31. The molecule has 47 heavy (non-hydrogen) atoms. The van der Waals surface area contributed by atoms with Gasteiger partial charge in [0, 0.05) is 47.6 Å². The molecular weight excluding hydrogens is 625 g/mol. The summed E-state index contributed by atoms with van der Waals surface area (Å²) >= 11 is 1.11. The highest BCUT2D eigenvalue weighted by atomic mass is 32.1. The van der Waals surface area contributed by atoms with E-state index >= 15 is 8.78 Å². The normalized spacial score (nSPS) is 17.0. The Labute approximate surface area is 273 Å². The van der Waals surface area contributed by atoms with Crippen LogP contribution >= 0.6 is 11.3 Å². The van der Waals surface area contributed by atoms with Crippen LogP contribution in [0.15, 0.2) is 59.4 Å². The van der Waals surface area contributed by atoms with E-state index in [9.17, 15) is 9.18 Å². The summed E-state index contributed by atoms with van der Waals surface area (Å²) in [5, 5.41) is 1.38. The van der Waals surface area contributed by atoms with Gasteiger partial charge in [0.05, 0.1) is 62.8 Å². The van der Waals surface area contributed by atoms with Crippen LogP contribution in [0.4, 0.5) is 13.2 Å². The molecule has 8 nitrogen and oxygen atoms in total. The summed E-state index contributed by atoms with van der Waals surface area (Å²) in [6.45, 7) is 11.4. The molecule has 0 unspecified atom stereocenters. The van der Waals surface area contributed by atoms with Crippen LogP contribution < -0.4 is 10.5 Å². The molecular formula is C35H33F3N6O2S. The topological polar surface area (TPSA) is 98.6 Å². The molecule has 0 fully saturated rings. The second kappa shape index (κ2) is 12.3. The van der Waals surface area contributed by atoms with Crippen molar-refractivity contribution in [1.29, 1.82) is 0 Å². The molecule has 2 N–H and O–H groups in total. The van der Waals surface area contributed by atoms with E-state index in [1.807, 2.05) is 50.6 Å². The number of amides is 1. The highest BCUT2D eigenvalue weighted by Crippen LogP contribution is 2.46. The van der Waals surface area contributed by atoms with Crippen LogP contribution in [-0.4, -0.2) is 56.3 Å². The van der Waals surface area contributed by atoms with E-state index in [0.717, 1.165) is 40.3 Å². The van der Waals surface area contributed by atoms with Gasteiger partial charge in [-0.05, 0) is 52.0 Å². The number of thiophene rings is 1. The summed E-state index contributed by atoms with van der Waals surface area (Å²) in [7, 11) is 1.92. The molecule has 1 amide bonds. The standard InChI is InChI=1S/C35H33F3N6O2S/c1-7-29(45)44-15-17(3)40-25(18(44)4)14-24(39)34-32(30-22(37)12-21(36)13-28(30)46-8-2)31-23(38)16-47-35(31)33(42-34)20-9-10-27-26(11-20)41-19(5)43(27)6/h7,9-14,16-18H,1,8,15,39H2,2-6H3/b24-14-/t17-,18+/m0/s1. The lowest BCUT2D eigenvalue weighted by Crippen LogP contribution is -2.49. The summed E-state index contributed by atoms with van der Waals surface area (Å²) in [4.78, 5) is 28.7. The Bertz CT molecular complexity index is 2150. The quantitative estimate of drug-likeness (QED) is 0.187. The van der Waals surface area contributed by atoms with Gasteiger partial charge in [0.1, 0.15) is 29.0 Å². The fourth-order valence-corrected chi connectivity index (χ4v) is 6.98. The summed E-state index contributed by atoms with van der Waals surface area (Å²) in [5.74, 6) is -2.01. The molecule has 1 aliphatic rings. The van der Waals surface area contributed by atoms with E-state index in [1.54, 1.807) is 17.9 Å². The number of aromatic nitrogens is 3. The van der Waals surface area contributed by atoms with Crippen molar-refractivity contribution in [2.75, 3.05) is 13.2 Å². The minimum absolute atomic E-state index is 0.0168. The number of hydrogen-bond acceptors (Lipinski definition) is 7. The molecule has 1 aliphatic heterocycles. The number of halogens is 3. The monoisotopic (exact) mass is 658 g/mol. The third kappa shape index (κ3) is 5.56. The third-order valence-corrected chi connectivity index (χ3v) is 9.34. The van der Waals surface area contributed by atoms with Crippen molar-refractivity contribution < 1.29 is 22.7 Å². The van der Waals surface area contributed by atoms with Crippen molar-refractivity contribution in [1.82, 2.24) is 19.4 Å². The zero-order valence-electron chi connectivity index (χ0n) is 26.6. The van der Waals surface area contributed by atoms with Crippen LogP contribution in [0, 0.1) is 24.4 Å². The summed E-state index contributed by atoms with van der Waals surface area (Å²) in [6.07, 6.45) is 2.81. The maximum Gasteiger partial charge on any atom is 0.246 e. The lowest BCUT2D eigenvalue weighted by Gasteiger charge is -2.34. The van der Waals surface area contributed by atoms with Gasteiger partial charge in [0.15, 0.2) is 0 Å². The van der Waals surface area contributed by atoms with E-state index in [4.69, 9.17) is 20.4 Å². The number of benzene rings is 2. The second-order valence-corrected chi connectivity index (χ2v) is 12.3. The lowest BCUT2D eigenvalue weighted by molar-refractivity contribution is -0.127. The first kappa shape index (κ1) is 32.0. The smallest absolute Gasteiger partial charge is 0.246 e. The Hall–Kier alpha value is -4.97. The summed E-state index contributed by atoms with van der Waals surface area (Å²) < 4.78 is 54.5. The Kier molecular flexibility index (Phi) is 8.39. The van der Waals surface area contributed by atoms with E-state index in [2.05, 4.69) is 11.6 Å². The number of ether oxygens (including phenoxy) is 1. The van der Waals surface area contributed by atoms with Crippen LogP contribution in [-0.2, 0) is 11.8 Å². The molecule has 2 atom stereocenters. The van der Waals surface area contributed by atoms with E-state index < -0.39 is 23.5 Å². The Balaban J connectivity index is 1.67. The first-order valence-corrected chi connectivity index (χ1v) is 16.0. The molecule has 6 rings (SSSR count). The summed E-state index contributed by atoms with van der Waals surface area (Å²) in [5.41, 5.74) is 9.91. The van der Waals surface area contributed by atoms with Crippen molar-refractivity contribution in [3.8, 4) is 28.1 Å². The van der Waals surface area contributed by atoms with Gasteiger partial charge in [-0.25, -0.2) is 23.1 Å². The predicted molar refractivity (Wildman–Crippen MR) is 181 cm³/mol. The number of imidazole rings is 1. The van der Waals surface area contributed by atoms with Crippen LogP contribution in [0.3, 0.4) is 0 Å². The van der Waals surface area contributed by atoms with E-state index in [-0.39, 0.29) is 52.2 Å². The zero-order chi connectivity index (χ0) is 33.7. The molecule has 0 aliphatic carbocycles. The number of nitrogens with zero attached hydrogens (tertiary/aromatic N) is 5. The second-order valence-electron chi connectivity index (χ2n) is 11.5. The molecule has 3 aromatic heterocycles. The molecule has 0 saturated carbocycles. The fraction of sp³-hybridized carbons (Fsp3) is 0.257. The third-order valence-electron chi connectivity index (χ3n) is 8.38. The first-order valence-electron chi connectivity index (χ1n) is 15.1. The maximum absolute atomic E-state index is 16.0. The van der Waals surface area contributed by atoms with Gasteiger partial charge in [-0.1, -0.05) is 12.6 Å². The molecule has 0 radical (unpaired) electrons. The Morgan fingerprint density at radius 3 is 2.64 bits per heavy atom. The van der Waals surface area contributed by atoms with Gasteiger partial charge in [0.2, 0.25) is 5.91 Å². The van der Waals surface area contributed by atoms with Crippen molar-refractivity contribution in [3.05, 3.63) is 83.4 Å². The molecule has 242 valence electrons. The number of aliphatic imine (C=N–C) groups is 1. The molecule has 4 heterocycles. The van der Waals surface area contributed by atoms with Crippen molar-refractivity contribution in [2.24, 2.45) is 17.8 Å². The number of pyridine rings is 1. The van der Waals surface area contributed by atoms with Gasteiger partial charge < -0.3 is 19.9 Å². The summed E-state index contributed by atoms with van der Waals surface area (Å²) in [6, 6.07) is 6.69. The molecule has 5 aromatic rings. The number of nitrogens with two attached hydrogens (primary N) is 1. The van der Waals surface area contributed by atoms with Crippen LogP contribution in [0.25, 0.3) is 49.2 Å². The van der Waals surface area contributed by atoms with Crippen molar-refractivity contribution >= 4 is 49.8 Å². The molecule has 12 heteroatoms. The van der Waals surface area contributed by atoms with Crippen LogP contribution in [0.1, 0.15) is 32.3 Å². The van der Waals surface area contributed by atoms with Gasteiger partial charge in [0.25, 0.3) is 0 Å². The van der Waals surface area contributed by atoms with Gasteiger partial charge >= 0.3 is 0 Å². The van der Waals surface area contributed by atoms with Crippen molar-refractivity contribution in [2.45, 2.75) is 39.8 Å². The van der Waals surface area contributed by atoms with Crippen LogP contribution in [0.5, 0.6) is 5.75 Å². The van der Waals surface area contributed by atoms with Crippen LogP contribution in [0.2, 0.25) is 0 Å².